The second-order valence-corrected chi connectivity index (χ2v) is 7.84. The summed E-state index contributed by atoms with van der Waals surface area (Å²) >= 11 is 0. The molecule has 27 heavy (non-hydrogen) atoms. The lowest BCUT2D eigenvalue weighted by atomic mass is 9.69. The molecule has 0 aliphatic carbocycles. The number of carbonyl (C=O) groups is 1. The van der Waals surface area contributed by atoms with Gasteiger partial charge in [-0.15, -0.1) is 0 Å². The van der Waals surface area contributed by atoms with Crippen LogP contribution in [0.25, 0.3) is 0 Å². The second-order valence-electron chi connectivity index (χ2n) is 7.84. The molecule has 3 heterocycles. The fourth-order valence-corrected chi connectivity index (χ4v) is 5.10. The number of amides is 1. The van der Waals surface area contributed by atoms with Crippen molar-refractivity contribution in [2.24, 2.45) is 11.1 Å². The molecular formula is C21H28N4O2. The molecule has 1 amide bonds. The lowest BCUT2D eigenvalue weighted by Crippen LogP contribution is -2.48. The lowest BCUT2D eigenvalue weighted by Gasteiger charge is -2.35. The van der Waals surface area contributed by atoms with E-state index in [9.17, 15) is 4.79 Å². The highest BCUT2D eigenvalue weighted by atomic mass is 16.5. The second kappa shape index (κ2) is 7.44. The summed E-state index contributed by atoms with van der Waals surface area (Å²) in [6, 6.07) is 10.8. The highest BCUT2D eigenvalue weighted by Crippen LogP contribution is 2.51. The van der Waals surface area contributed by atoms with Crippen LogP contribution in [-0.2, 0) is 29.0 Å². The molecule has 0 spiro atoms. The fourth-order valence-electron chi connectivity index (χ4n) is 5.10. The van der Waals surface area contributed by atoms with Gasteiger partial charge in [0, 0.05) is 38.1 Å². The van der Waals surface area contributed by atoms with Crippen LogP contribution >= 0.6 is 0 Å². The Kier molecular flexibility index (Phi) is 5.02. The van der Waals surface area contributed by atoms with E-state index in [4.69, 9.17) is 10.5 Å². The molecule has 144 valence electrons. The molecule has 2 aliphatic rings. The zero-order chi connectivity index (χ0) is 18.9. The summed E-state index contributed by atoms with van der Waals surface area (Å²) in [5.41, 5.74) is 6.70. The third-order valence-corrected chi connectivity index (χ3v) is 6.40. The molecule has 6 heteroatoms. The Bertz CT molecular complexity index is 790. The number of fused-ring (bicyclic) bond motifs is 2. The Hall–Kier alpha value is -2.18. The number of nitrogens with two attached hydrogens (primary N) is 1. The molecule has 2 fully saturated rings. The summed E-state index contributed by atoms with van der Waals surface area (Å²) in [7, 11) is 1.71. The molecule has 2 N–H and O–H groups in total. The van der Waals surface area contributed by atoms with Crippen molar-refractivity contribution in [3.05, 3.63) is 54.1 Å². The number of ether oxygens (including phenoxy) is 1. The van der Waals surface area contributed by atoms with Gasteiger partial charge in [-0.2, -0.15) is 0 Å². The summed E-state index contributed by atoms with van der Waals surface area (Å²) in [5, 5.41) is 0. The molecule has 0 radical (unpaired) electrons. The summed E-state index contributed by atoms with van der Waals surface area (Å²) in [5.74, 6) is 0.871. The van der Waals surface area contributed by atoms with Crippen molar-refractivity contribution in [3.63, 3.8) is 0 Å². The highest BCUT2D eigenvalue weighted by molar-refractivity contribution is 5.83. The van der Waals surface area contributed by atoms with Crippen molar-refractivity contribution >= 4 is 5.91 Å². The van der Waals surface area contributed by atoms with E-state index in [1.807, 2.05) is 30.6 Å². The van der Waals surface area contributed by atoms with E-state index in [2.05, 4.69) is 26.6 Å². The quantitative estimate of drug-likeness (QED) is 0.773. The Morgan fingerprint density at radius 3 is 2.89 bits per heavy atom. The number of hydrogen-bond donors (Lipinski definition) is 1. The van der Waals surface area contributed by atoms with Crippen LogP contribution in [0.15, 0.2) is 42.7 Å². The first-order valence-electron chi connectivity index (χ1n) is 9.72. The van der Waals surface area contributed by atoms with Crippen LogP contribution in [0.1, 0.15) is 30.7 Å². The number of rotatable bonds is 8. The number of nitrogens with zero attached hydrogens (tertiary/aromatic N) is 3. The first-order valence-corrected chi connectivity index (χ1v) is 9.72. The summed E-state index contributed by atoms with van der Waals surface area (Å²) in [6.07, 6.45) is 7.57. The van der Waals surface area contributed by atoms with Gasteiger partial charge in [-0.1, -0.05) is 30.3 Å². The summed E-state index contributed by atoms with van der Waals surface area (Å²) in [4.78, 5) is 19.7. The van der Waals surface area contributed by atoms with Crippen LogP contribution in [-0.4, -0.2) is 46.2 Å². The third-order valence-electron chi connectivity index (χ3n) is 6.40. The van der Waals surface area contributed by atoms with Gasteiger partial charge in [0.2, 0.25) is 5.91 Å². The van der Waals surface area contributed by atoms with Gasteiger partial charge in [-0.25, -0.2) is 4.98 Å². The maximum atomic E-state index is 12.6. The van der Waals surface area contributed by atoms with Gasteiger partial charge in [0.15, 0.2) is 0 Å². The van der Waals surface area contributed by atoms with E-state index in [0.717, 1.165) is 44.6 Å². The van der Waals surface area contributed by atoms with Crippen molar-refractivity contribution in [2.45, 2.75) is 50.9 Å². The molecule has 1 aromatic carbocycles. The van der Waals surface area contributed by atoms with E-state index in [-0.39, 0.29) is 11.9 Å². The Morgan fingerprint density at radius 2 is 2.15 bits per heavy atom. The van der Waals surface area contributed by atoms with Gasteiger partial charge < -0.3 is 15.0 Å². The zero-order valence-corrected chi connectivity index (χ0v) is 15.9. The maximum absolute atomic E-state index is 12.6. The van der Waals surface area contributed by atoms with Crippen molar-refractivity contribution in [1.29, 1.82) is 0 Å². The fraction of sp³-hybridized carbons (Fsp3) is 0.524. The third kappa shape index (κ3) is 3.28. The molecule has 4 rings (SSSR count). The number of benzene rings is 1. The van der Waals surface area contributed by atoms with Crippen LogP contribution in [0.4, 0.5) is 0 Å². The number of methoxy groups -OCH3 is 1. The standard InChI is InChI=1S/C21H28N4O2/c1-27-12-11-24-10-9-23-19(24)15-25-17-7-8-18(25)21(14-17,20(22)26)13-16-5-3-2-4-6-16/h2-6,9-10,17-18H,7-8,11-15H2,1H3,(H2,22,26)/t17-,18+,21+/m0/s1. The lowest BCUT2D eigenvalue weighted by molar-refractivity contribution is -0.129. The average molecular weight is 368 g/mol. The van der Waals surface area contributed by atoms with Gasteiger partial charge in [-0.3, -0.25) is 9.69 Å². The van der Waals surface area contributed by atoms with Crippen molar-refractivity contribution in [3.8, 4) is 0 Å². The number of imidazole rings is 1. The molecule has 2 saturated heterocycles. The Labute approximate surface area is 160 Å². The topological polar surface area (TPSA) is 73.4 Å². The predicted molar refractivity (Wildman–Crippen MR) is 103 cm³/mol. The predicted octanol–water partition coefficient (Wildman–Crippen LogP) is 1.98. The molecule has 2 aromatic rings. The molecule has 0 unspecified atom stereocenters. The zero-order valence-electron chi connectivity index (χ0n) is 15.9. The van der Waals surface area contributed by atoms with Crippen molar-refractivity contribution in [2.75, 3.05) is 13.7 Å². The van der Waals surface area contributed by atoms with E-state index in [1.165, 1.54) is 5.56 Å². The Balaban J connectivity index is 1.56. The smallest absolute Gasteiger partial charge is 0.225 e. The minimum Gasteiger partial charge on any atom is -0.383 e. The minimum atomic E-state index is -0.478. The summed E-state index contributed by atoms with van der Waals surface area (Å²) < 4.78 is 7.35. The van der Waals surface area contributed by atoms with Gasteiger partial charge in [-0.05, 0) is 31.2 Å². The number of primary amides is 1. The largest absolute Gasteiger partial charge is 0.383 e. The molecule has 6 nitrogen and oxygen atoms in total. The van der Waals surface area contributed by atoms with E-state index < -0.39 is 5.41 Å². The SMILES string of the molecule is COCCn1ccnc1CN1[C@H]2CC[C@@H]1[C@](Cc1ccccc1)(C(N)=O)C2. The average Bonchev–Trinajstić information content (AvgIpc) is 3.35. The van der Waals surface area contributed by atoms with Crippen LogP contribution in [0, 0.1) is 5.41 Å². The number of hydrogen-bond acceptors (Lipinski definition) is 4. The minimum absolute atomic E-state index is 0.161. The van der Waals surface area contributed by atoms with Crippen LogP contribution in [0.5, 0.6) is 0 Å². The van der Waals surface area contributed by atoms with Crippen LogP contribution in [0.2, 0.25) is 0 Å². The first-order chi connectivity index (χ1) is 13.1. The van der Waals surface area contributed by atoms with Crippen molar-refractivity contribution < 1.29 is 9.53 Å². The van der Waals surface area contributed by atoms with Crippen LogP contribution in [0.3, 0.4) is 0 Å². The van der Waals surface area contributed by atoms with Gasteiger partial charge in [0.25, 0.3) is 0 Å². The van der Waals surface area contributed by atoms with Crippen molar-refractivity contribution in [1.82, 2.24) is 14.5 Å². The monoisotopic (exact) mass is 368 g/mol. The molecule has 2 aliphatic heterocycles. The Morgan fingerprint density at radius 1 is 1.33 bits per heavy atom. The number of carbonyl (C=O) groups excluding carboxylic acids is 1. The number of aromatic nitrogens is 2. The normalized spacial score (nSPS) is 27.3. The van der Waals surface area contributed by atoms with E-state index >= 15 is 0 Å². The van der Waals surface area contributed by atoms with Gasteiger partial charge >= 0.3 is 0 Å². The van der Waals surface area contributed by atoms with E-state index in [1.54, 1.807) is 7.11 Å². The molecule has 0 saturated carbocycles. The maximum Gasteiger partial charge on any atom is 0.225 e. The van der Waals surface area contributed by atoms with Crippen LogP contribution < -0.4 is 5.73 Å². The molecule has 2 bridgehead atoms. The molecule has 3 atom stereocenters. The van der Waals surface area contributed by atoms with E-state index in [0.29, 0.717) is 12.6 Å². The highest BCUT2D eigenvalue weighted by Gasteiger charge is 2.58. The molecular weight excluding hydrogens is 340 g/mol. The molecule has 1 aromatic heterocycles. The first kappa shape index (κ1) is 18.2. The summed E-state index contributed by atoms with van der Waals surface area (Å²) in [6.45, 7) is 2.21. The van der Waals surface area contributed by atoms with Gasteiger partial charge in [0.05, 0.1) is 18.6 Å². The van der Waals surface area contributed by atoms with Gasteiger partial charge in [0.1, 0.15) is 5.82 Å².